The lowest BCUT2D eigenvalue weighted by molar-refractivity contribution is 0.101. The summed E-state index contributed by atoms with van der Waals surface area (Å²) in [6.07, 6.45) is 10.3. The summed E-state index contributed by atoms with van der Waals surface area (Å²) < 4.78 is 32.9. The van der Waals surface area contributed by atoms with Gasteiger partial charge in [0, 0.05) is 16.7 Å². The predicted octanol–water partition coefficient (Wildman–Crippen LogP) is 7.73. The van der Waals surface area contributed by atoms with Crippen LogP contribution in [-0.4, -0.2) is 72.1 Å². The summed E-state index contributed by atoms with van der Waals surface area (Å²) in [5.74, 6) is -0.502. The SMILES string of the molecule is CS(C)(CC(=O)c1ccccc1)OP(=O)(OS(C)(C)CC(=O)c1ccccc1)OS(C)(C)CC(=O)c1ccccc1. The van der Waals surface area contributed by atoms with Gasteiger partial charge in [0.1, 0.15) is 0 Å². The Hall–Kier alpha value is -2.17. The Morgan fingerprint density at radius 3 is 0.927 bits per heavy atom. The van der Waals surface area contributed by atoms with Crippen LogP contribution < -0.4 is 0 Å². The molecular weight excluding hydrogens is 599 g/mol. The molecule has 0 spiro atoms. The summed E-state index contributed by atoms with van der Waals surface area (Å²) in [5, 5.41) is 0. The van der Waals surface area contributed by atoms with Gasteiger partial charge in [-0.25, -0.2) is 16.5 Å². The highest BCUT2D eigenvalue weighted by atomic mass is 32.3. The third-order valence-corrected chi connectivity index (χ3v) is 15.5. The molecule has 0 aliphatic heterocycles. The van der Waals surface area contributed by atoms with E-state index in [4.69, 9.17) is 11.9 Å². The van der Waals surface area contributed by atoms with Crippen LogP contribution in [0.4, 0.5) is 0 Å². The molecule has 0 aliphatic carbocycles. The van der Waals surface area contributed by atoms with Crippen molar-refractivity contribution in [2.45, 2.75) is 0 Å². The van der Waals surface area contributed by atoms with E-state index < -0.39 is 38.7 Å². The molecule has 0 radical (unpaired) electrons. The Kier molecular flexibility index (Phi) is 11.3. The van der Waals surface area contributed by atoms with Crippen molar-refractivity contribution in [3.05, 3.63) is 108 Å². The van der Waals surface area contributed by atoms with Crippen LogP contribution in [0.1, 0.15) is 31.1 Å². The van der Waals surface area contributed by atoms with Crippen LogP contribution in [0, 0.1) is 0 Å². The van der Waals surface area contributed by atoms with Gasteiger partial charge in [-0.15, -0.1) is 30.9 Å². The summed E-state index contributed by atoms with van der Waals surface area (Å²) in [4.78, 5) is 39.0. The third-order valence-electron chi connectivity index (χ3n) is 5.60. The van der Waals surface area contributed by atoms with Gasteiger partial charge in [-0.05, 0) is 37.5 Å². The first kappa shape index (κ1) is 33.3. The van der Waals surface area contributed by atoms with Crippen molar-refractivity contribution in [3.63, 3.8) is 0 Å². The van der Waals surface area contributed by atoms with Crippen molar-refractivity contribution < 1.29 is 30.9 Å². The zero-order valence-corrected chi connectivity index (χ0v) is 27.7. The Morgan fingerprint density at radius 1 is 0.488 bits per heavy atom. The Bertz CT molecular complexity index is 1230. The number of carbonyl (C=O) groups excluding carboxylic acids is 3. The normalized spacial score (nSPS) is 13.8. The molecular formula is C30H39O7PS3. The van der Waals surface area contributed by atoms with Crippen molar-refractivity contribution in [1.29, 1.82) is 0 Å². The molecule has 0 heterocycles. The average Bonchev–Trinajstić information content (AvgIpc) is 2.87. The molecule has 0 saturated heterocycles. The van der Waals surface area contributed by atoms with Gasteiger partial charge in [0.25, 0.3) is 0 Å². The molecule has 11 heteroatoms. The maximum atomic E-state index is 14.5. The van der Waals surface area contributed by atoms with Gasteiger partial charge in [0.15, 0.2) is 17.3 Å². The zero-order valence-electron chi connectivity index (χ0n) is 24.3. The molecule has 0 bridgehead atoms. The van der Waals surface area contributed by atoms with Crippen LogP contribution in [0.5, 0.6) is 0 Å². The highest BCUT2D eigenvalue weighted by Crippen LogP contribution is 2.73. The first-order valence-electron chi connectivity index (χ1n) is 12.7. The minimum Gasteiger partial charge on any atom is -0.293 e. The lowest BCUT2D eigenvalue weighted by Gasteiger charge is -2.41. The number of ketones is 3. The fraction of sp³-hybridized carbons (Fsp3) is 0.300. The van der Waals surface area contributed by atoms with Gasteiger partial charge in [-0.3, -0.25) is 14.4 Å². The molecule has 3 aromatic rings. The van der Waals surface area contributed by atoms with Crippen molar-refractivity contribution in [2.75, 3.05) is 54.8 Å². The Balaban J connectivity index is 1.85. The van der Waals surface area contributed by atoms with Crippen molar-refractivity contribution in [2.24, 2.45) is 0 Å². The molecule has 0 unspecified atom stereocenters. The highest BCUT2D eigenvalue weighted by molar-refractivity contribution is 8.35. The van der Waals surface area contributed by atoms with Crippen molar-refractivity contribution >= 4 is 56.1 Å². The largest absolute Gasteiger partial charge is 0.503 e. The number of benzene rings is 3. The fourth-order valence-corrected chi connectivity index (χ4v) is 13.9. The van der Waals surface area contributed by atoms with Crippen LogP contribution in [-0.2, 0) is 16.5 Å². The lowest BCUT2D eigenvalue weighted by Crippen LogP contribution is -2.20. The molecule has 0 N–H and O–H groups in total. The first-order chi connectivity index (χ1) is 19.1. The molecule has 0 aromatic heterocycles. The number of Topliss-reactive ketones (excluding diaryl/α,β-unsaturated/α-hetero) is 3. The smallest absolute Gasteiger partial charge is 0.293 e. The van der Waals surface area contributed by atoms with Crippen molar-refractivity contribution in [3.8, 4) is 0 Å². The summed E-state index contributed by atoms with van der Waals surface area (Å²) in [6.45, 7) is 0. The topological polar surface area (TPSA) is 96.0 Å². The van der Waals surface area contributed by atoms with Gasteiger partial charge < -0.3 is 0 Å². The average molecular weight is 639 g/mol. The van der Waals surface area contributed by atoms with E-state index in [2.05, 4.69) is 0 Å². The molecule has 0 aliphatic rings. The second kappa shape index (κ2) is 13.9. The van der Waals surface area contributed by atoms with E-state index in [1.54, 1.807) is 110 Å². The van der Waals surface area contributed by atoms with Crippen LogP contribution in [0.25, 0.3) is 0 Å². The fourth-order valence-electron chi connectivity index (χ4n) is 3.93. The molecule has 3 aromatic carbocycles. The molecule has 224 valence electrons. The van der Waals surface area contributed by atoms with E-state index in [1.807, 2.05) is 18.2 Å². The van der Waals surface area contributed by atoms with Gasteiger partial charge in [-0.2, -0.15) is 0 Å². The van der Waals surface area contributed by atoms with Gasteiger partial charge in [0.2, 0.25) is 0 Å². The van der Waals surface area contributed by atoms with E-state index in [9.17, 15) is 18.9 Å². The number of rotatable bonds is 15. The van der Waals surface area contributed by atoms with Crippen LogP contribution in [0.2, 0.25) is 0 Å². The number of carbonyl (C=O) groups is 3. The van der Waals surface area contributed by atoms with E-state index >= 15 is 0 Å². The van der Waals surface area contributed by atoms with Gasteiger partial charge >= 0.3 is 7.82 Å². The summed E-state index contributed by atoms with van der Waals surface area (Å²) in [5.41, 5.74) is 1.56. The second-order valence-electron chi connectivity index (χ2n) is 10.8. The minimum atomic E-state index is -4.37. The second-order valence-corrected chi connectivity index (χ2v) is 23.0. The highest BCUT2D eigenvalue weighted by Gasteiger charge is 2.43. The molecule has 0 fully saturated rings. The summed E-state index contributed by atoms with van der Waals surface area (Å²) in [6, 6.07) is 26.4. The molecule has 3 rings (SSSR count). The molecule has 41 heavy (non-hydrogen) atoms. The van der Waals surface area contributed by atoms with Crippen molar-refractivity contribution in [1.82, 2.24) is 0 Å². The maximum Gasteiger partial charge on any atom is 0.503 e. The van der Waals surface area contributed by atoms with Gasteiger partial charge in [0.05, 0.1) is 17.3 Å². The molecule has 0 saturated carbocycles. The number of hydrogen-bond acceptors (Lipinski definition) is 7. The van der Waals surface area contributed by atoms with E-state index in [0.29, 0.717) is 16.7 Å². The number of hydrogen-bond donors (Lipinski definition) is 0. The monoisotopic (exact) mass is 638 g/mol. The Labute approximate surface area is 248 Å². The standard InChI is InChI=1S/C30H39O7PS3/c1-39(2,22-28(31)25-16-10-7-11-17-25)35-38(34,36-40(3,4)23-29(32)26-18-12-8-13-19-26)37-41(5,6)24-30(33)27-20-14-9-15-21-27/h7-21H,22-24H2,1-6H3. The summed E-state index contributed by atoms with van der Waals surface area (Å²) in [7, 11) is -11.3. The molecule has 7 nitrogen and oxygen atoms in total. The van der Waals surface area contributed by atoms with Crippen LogP contribution in [0.15, 0.2) is 91.0 Å². The molecule has 0 amide bonds. The zero-order chi connectivity index (χ0) is 30.3. The van der Waals surface area contributed by atoms with Crippen LogP contribution in [0.3, 0.4) is 0 Å². The lowest BCUT2D eigenvalue weighted by atomic mass is 10.2. The summed E-state index contributed by atoms with van der Waals surface area (Å²) >= 11 is 0. The maximum absolute atomic E-state index is 14.5. The quantitative estimate of drug-likeness (QED) is 0.124. The molecule has 0 atom stereocenters. The first-order valence-corrected chi connectivity index (χ1v) is 21.8. The van der Waals surface area contributed by atoms with Crippen LogP contribution >= 0.6 is 38.7 Å². The predicted molar refractivity (Wildman–Crippen MR) is 176 cm³/mol. The van der Waals surface area contributed by atoms with E-state index in [0.717, 1.165) is 0 Å². The number of phosphoric acid groups is 1. The van der Waals surface area contributed by atoms with E-state index in [1.165, 1.54) is 0 Å². The Morgan fingerprint density at radius 2 is 0.707 bits per heavy atom. The van der Waals surface area contributed by atoms with E-state index in [-0.39, 0.29) is 34.6 Å². The van der Waals surface area contributed by atoms with Gasteiger partial charge in [-0.1, -0.05) is 91.0 Å². The minimum absolute atomic E-state index is 0.00879. The third kappa shape index (κ3) is 10.9.